The smallest absolute Gasteiger partial charge is 0.152 e. The highest BCUT2D eigenvalue weighted by molar-refractivity contribution is 9.09. The number of hydrogen-bond acceptors (Lipinski definition) is 3. The fourth-order valence-electron chi connectivity index (χ4n) is 1.75. The third-order valence-corrected chi connectivity index (χ3v) is 2.76. The molecule has 2 unspecified atom stereocenters. The highest BCUT2D eigenvalue weighted by atomic mass is 79.9. The van der Waals surface area contributed by atoms with Crippen molar-refractivity contribution in [1.29, 1.82) is 0 Å². The van der Waals surface area contributed by atoms with Gasteiger partial charge in [0.15, 0.2) is 5.82 Å². The standard InChI is InChI=1S/C11H15BrN4/c1-8(12)7-9(2)15-11-10-3-4-14-16(10)6-5-13-11/h3-6,8-9H,7H2,1-2H3,(H,13,15). The molecule has 0 saturated heterocycles. The van der Waals surface area contributed by atoms with Crippen LogP contribution in [0.3, 0.4) is 0 Å². The topological polar surface area (TPSA) is 42.2 Å². The van der Waals surface area contributed by atoms with Crippen molar-refractivity contribution < 1.29 is 0 Å². The van der Waals surface area contributed by atoms with Crippen molar-refractivity contribution in [3.8, 4) is 0 Å². The number of aromatic nitrogens is 3. The molecule has 16 heavy (non-hydrogen) atoms. The van der Waals surface area contributed by atoms with E-state index in [9.17, 15) is 0 Å². The Morgan fingerprint density at radius 1 is 1.44 bits per heavy atom. The van der Waals surface area contributed by atoms with Crippen LogP contribution in [0.2, 0.25) is 0 Å². The molecule has 0 fully saturated rings. The van der Waals surface area contributed by atoms with Gasteiger partial charge in [-0.3, -0.25) is 0 Å². The molecular formula is C11H15BrN4. The van der Waals surface area contributed by atoms with E-state index in [4.69, 9.17) is 0 Å². The van der Waals surface area contributed by atoms with Crippen LogP contribution in [0.25, 0.3) is 5.52 Å². The summed E-state index contributed by atoms with van der Waals surface area (Å²) in [7, 11) is 0. The van der Waals surface area contributed by atoms with Crippen LogP contribution in [-0.2, 0) is 0 Å². The van der Waals surface area contributed by atoms with Gasteiger partial charge in [0.1, 0.15) is 5.52 Å². The van der Waals surface area contributed by atoms with Gasteiger partial charge >= 0.3 is 0 Å². The second-order valence-corrected chi connectivity index (χ2v) is 5.56. The highest BCUT2D eigenvalue weighted by Crippen LogP contribution is 2.16. The van der Waals surface area contributed by atoms with E-state index in [1.807, 2.05) is 16.8 Å². The molecule has 86 valence electrons. The van der Waals surface area contributed by atoms with Crippen LogP contribution in [0, 0.1) is 0 Å². The summed E-state index contributed by atoms with van der Waals surface area (Å²) in [5.41, 5.74) is 1.01. The molecule has 2 atom stereocenters. The molecule has 1 N–H and O–H groups in total. The summed E-state index contributed by atoms with van der Waals surface area (Å²) in [6, 6.07) is 2.34. The predicted octanol–water partition coefficient (Wildman–Crippen LogP) is 2.70. The van der Waals surface area contributed by atoms with Crippen LogP contribution in [0.5, 0.6) is 0 Å². The average Bonchev–Trinajstić information content (AvgIpc) is 2.65. The first-order valence-electron chi connectivity index (χ1n) is 5.36. The maximum atomic E-state index is 4.34. The van der Waals surface area contributed by atoms with Gasteiger partial charge in [-0.25, -0.2) is 9.50 Å². The molecular weight excluding hydrogens is 268 g/mol. The summed E-state index contributed by atoms with van der Waals surface area (Å²) in [6.45, 7) is 4.30. The van der Waals surface area contributed by atoms with Crippen LogP contribution in [-0.4, -0.2) is 25.5 Å². The number of alkyl halides is 1. The average molecular weight is 283 g/mol. The van der Waals surface area contributed by atoms with Gasteiger partial charge in [-0.15, -0.1) is 0 Å². The zero-order chi connectivity index (χ0) is 11.5. The van der Waals surface area contributed by atoms with Crippen molar-refractivity contribution in [3.63, 3.8) is 0 Å². The first kappa shape index (κ1) is 11.4. The zero-order valence-electron chi connectivity index (χ0n) is 9.39. The Labute approximate surface area is 103 Å². The van der Waals surface area contributed by atoms with Crippen molar-refractivity contribution in [2.45, 2.75) is 31.1 Å². The summed E-state index contributed by atoms with van der Waals surface area (Å²) < 4.78 is 1.82. The molecule has 2 rings (SSSR count). The van der Waals surface area contributed by atoms with Crippen LogP contribution in [0.1, 0.15) is 20.3 Å². The van der Waals surface area contributed by atoms with Gasteiger partial charge in [0.2, 0.25) is 0 Å². The molecule has 5 heteroatoms. The molecule has 0 aliphatic heterocycles. The minimum Gasteiger partial charge on any atom is -0.366 e. The molecule has 0 bridgehead atoms. The number of nitrogens with zero attached hydrogens (tertiary/aromatic N) is 3. The maximum Gasteiger partial charge on any atom is 0.152 e. The molecule has 2 aromatic rings. The van der Waals surface area contributed by atoms with E-state index in [1.54, 1.807) is 12.4 Å². The van der Waals surface area contributed by atoms with Gasteiger partial charge in [0, 0.05) is 23.3 Å². The van der Waals surface area contributed by atoms with Crippen molar-refractivity contribution in [1.82, 2.24) is 14.6 Å². The van der Waals surface area contributed by atoms with Crippen molar-refractivity contribution >= 4 is 27.3 Å². The fraction of sp³-hybridized carbons (Fsp3) is 0.455. The van der Waals surface area contributed by atoms with Gasteiger partial charge in [0.25, 0.3) is 0 Å². The number of rotatable bonds is 4. The quantitative estimate of drug-likeness (QED) is 0.877. The highest BCUT2D eigenvalue weighted by Gasteiger charge is 2.09. The number of anilines is 1. The second-order valence-electron chi connectivity index (χ2n) is 4.00. The fourth-order valence-corrected chi connectivity index (χ4v) is 2.31. The molecule has 4 nitrogen and oxygen atoms in total. The van der Waals surface area contributed by atoms with Gasteiger partial charge in [0.05, 0.1) is 6.20 Å². The Morgan fingerprint density at radius 2 is 2.25 bits per heavy atom. The first-order chi connectivity index (χ1) is 7.66. The summed E-state index contributed by atoms with van der Waals surface area (Å²) in [6.07, 6.45) is 6.43. The summed E-state index contributed by atoms with van der Waals surface area (Å²) in [4.78, 5) is 4.84. The van der Waals surface area contributed by atoms with Crippen molar-refractivity contribution in [2.75, 3.05) is 5.32 Å². The van der Waals surface area contributed by atoms with Crippen molar-refractivity contribution in [3.05, 3.63) is 24.7 Å². The number of halogens is 1. The molecule has 0 radical (unpaired) electrons. The van der Waals surface area contributed by atoms with Gasteiger partial charge in [-0.05, 0) is 19.4 Å². The molecule has 0 aliphatic carbocycles. The Morgan fingerprint density at radius 3 is 3.00 bits per heavy atom. The van der Waals surface area contributed by atoms with Crippen LogP contribution in [0.4, 0.5) is 5.82 Å². The zero-order valence-corrected chi connectivity index (χ0v) is 11.0. The second kappa shape index (κ2) is 4.82. The van der Waals surface area contributed by atoms with Crippen molar-refractivity contribution in [2.24, 2.45) is 0 Å². The monoisotopic (exact) mass is 282 g/mol. The Kier molecular flexibility index (Phi) is 3.43. The van der Waals surface area contributed by atoms with Crippen LogP contribution >= 0.6 is 15.9 Å². The predicted molar refractivity (Wildman–Crippen MR) is 69.1 cm³/mol. The summed E-state index contributed by atoms with van der Waals surface area (Å²) >= 11 is 3.55. The number of hydrogen-bond donors (Lipinski definition) is 1. The van der Waals surface area contributed by atoms with E-state index in [0.717, 1.165) is 17.8 Å². The van der Waals surface area contributed by atoms with E-state index in [1.165, 1.54) is 0 Å². The molecule has 0 aromatic carbocycles. The number of fused-ring (bicyclic) bond motifs is 1. The van der Waals surface area contributed by atoms with E-state index < -0.39 is 0 Å². The third-order valence-electron chi connectivity index (χ3n) is 2.39. The Hall–Kier alpha value is -1.10. The van der Waals surface area contributed by atoms with Gasteiger partial charge < -0.3 is 5.32 Å². The van der Waals surface area contributed by atoms with Gasteiger partial charge in [-0.1, -0.05) is 22.9 Å². The number of nitrogens with one attached hydrogen (secondary N) is 1. The SMILES string of the molecule is CC(Br)CC(C)Nc1nccn2nccc12. The van der Waals surface area contributed by atoms with E-state index in [2.05, 4.69) is 45.2 Å². The Bertz CT molecular complexity index is 466. The van der Waals surface area contributed by atoms with E-state index in [-0.39, 0.29) is 0 Å². The van der Waals surface area contributed by atoms with Crippen LogP contribution < -0.4 is 5.32 Å². The molecule has 0 spiro atoms. The normalized spacial score (nSPS) is 14.9. The lowest BCUT2D eigenvalue weighted by atomic mass is 10.2. The minimum atomic E-state index is 0.378. The lowest BCUT2D eigenvalue weighted by molar-refractivity contribution is 0.705. The molecule has 2 heterocycles. The molecule has 0 aliphatic rings. The maximum absolute atomic E-state index is 4.34. The molecule has 2 aromatic heterocycles. The lowest BCUT2D eigenvalue weighted by Crippen LogP contribution is -2.19. The summed E-state index contributed by atoms with van der Waals surface area (Å²) in [5.74, 6) is 0.889. The van der Waals surface area contributed by atoms with Gasteiger partial charge in [-0.2, -0.15) is 5.10 Å². The Balaban J connectivity index is 2.17. The largest absolute Gasteiger partial charge is 0.366 e. The molecule has 0 amide bonds. The summed E-state index contributed by atoms with van der Waals surface area (Å²) in [5, 5.41) is 7.58. The minimum absolute atomic E-state index is 0.378. The van der Waals surface area contributed by atoms with Crippen LogP contribution in [0.15, 0.2) is 24.7 Å². The first-order valence-corrected chi connectivity index (χ1v) is 6.27. The van der Waals surface area contributed by atoms with E-state index >= 15 is 0 Å². The molecule has 0 saturated carbocycles. The van der Waals surface area contributed by atoms with E-state index in [0.29, 0.717) is 10.9 Å². The lowest BCUT2D eigenvalue weighted by Gasteiger charge is -2.16. The third kappa shape index (κ3) is 2.52.